The molecule has 5 nitrogen and oxygen atoms in total. The summed E-state index contributed by atoms with van der Waals surface area (Å²) in [7, 11) is 1.42. The molecule has 178 valence electrons. The molecule has 1 aliphatic rings. The maximum absolute atomic E-state index is 15.2. The van der Waals surface area contributed by atoms with Crippen molar-refractivity contribution in [2.75, 3.05) is 7.11 Å². The normalized spacial score (nSPS) is 14.6. The number of halogens is 2. The lowest BCUT2D eigenvalue weighted by Crippen LogP contribution is -2.35. The molecular weight excluding hydrogens is 487 g/mol. The van der Waals surface area contributed by atoms with Gasteiger partial charge in [-0.1, -0.05) is 43.6 Å². The van der Waals surface area contributed by atoms with Crippen molar-refractivity contribution in [1.82, 2.24) is 9.55 Å². The smallest absolute Gasteiger partial charge is 0.265 e. The van der Waals surface area contributed by atoms with E-state index < -0.39 is 11.4 Å². The van der Waals surface area contributed by atoms with Gasteiger partial charge in [-0.15, -0.1) is 11.3 Å². The molecular formula is C27H22ClFN2O3S. The number of pyridine rings is 1. The van der Waals surface area contributed by atoms with E-state index in [9.17, 15) is 9.59 Å². The summed E-state index contributed by atoms with van der Waals surface area (Å²) in [5, 5.41) is 2.91. The molecule has 35 heavy (non-hydrogen) atoms. The SMILES string of the molecule is COc1cccc(F)c1-n1c2c(cc(-c3nc(-c4ccc(Cl)cc4)cs3)c1=O)C(=O)CC(C)(C)C2. The highest BCUT2D eigenvalue weighted by Gasteiger charge is 2.35. The van der Waals surface area contributed by atoms with E-state index in [1.54, 1.807) is 24.3 Å². The molecule has 0 bridgehead atoms. The minimum Gasteiger partial charge on any atom is -0.494 e. The van der Waals surface area contributed by atoms with Gasteiger partial charge in [-0.25, -0.2) is 9.37 Å². The van der Waals surface area contributed by atoms with Crippen molar-refractivity contribution >= 4 is 28.7 Å². The van der Waals surface area contributed by atoms with Gasteiger partial charge in [-0.05, 0) is 42.2 Å². The summed E-state index contributed by atoms with van der Waals surface area (Å²) in [6.45, 7) is 3.93. The molecule has 2 aromatic carbocycles. The van der Waals surface area contributed by atoms with Crippen LogP contribution < -0.4 is 10.3 Å². The van der Waals surface area contributed by atoms with Gasteiger partial charge >= 0.3 is 0 Å². The van der Waals surface area contributed by atoms with Crippen molar-refractivity contribution < 1.29 is 13.9 Å². The Morgan fingerprint density at radius 2 is 1.83 bits per heavy atom. The van der Waals surface area contributed by atoms with Crippen LogP contribution in [0.2, 0.25) is 5.02 Å². The maximum Gasteiger partial charge on any atom is 0.265 e. The second kappa shape index (κ2) is 8.73. The quantitative estimate of drug-likeness (QED) is 0.312. The topological polar surface area (TPSA) is 61.2 Å². The van der Waals surface area contributed by atoms with E-state index in [2.05, 4.69) is 4.98 Å². The molecule has 0 fully saturated rings. The van der Waals surface area contributed by atoms with Crippen LogP contribution in [0, 0.1) is 11.2 Å². The molecule has 0 saturated carbocycles. The van der Waals surface area contributed by atoms with E-state index in [-0.39, 0.29) is 28.2 Å². The number of rotatable bonds is 4. The zero-order valence-corrected chi connectivity index (χ0v) is 21.0. The fraction of sp³-hybridized carbons (Fsp3) is 0.222. The first-order valence-corrected chi connectivity index (χ1v) is 12.3. The van der Waals surface area contributed by atoms with Crippen LogP contribution in [0.3, 0.4) is 0 Å². The van der Waals surface area contributed by atoms with E-state index in [0.29, 0.717) is 39.8 Å². The lowest BCUT2D eigenvalue weighted by Gasteiger charge is -2.32. The molecule has 8 heteroatoms. The summed E-state index contributed by atoms with van der Waals surface area (Å²) in [5.41, 5.74) is 1.84. The van der Waals surface area contributed by atoms with Gasteiger partial charge in [0.2, 0.25) is 0 Å². The Morgan fingerprint density at radius 3 is 2.54 bits per heavy atom. The van der Waals surface area contributed by atoms with Crippen LogP contribution in [0.25, 0.3) is 27.5 Å². The van der Waals surface area contributed by atoms with Gasteiger partial charge < -0.3 is 4.74 Å². The molecule has 0 radical (unpaired) electrons. The molecule has 2 heterocycles. The summed E-state index contributed by atoms with van der Waals surface area (Å²) >= 11 is 7.29. The first-order valence-electron chi connectivity index (χ1n) is 11.1. The number of nitrogens with zero attached hydrogens (tertiary/aromatic N) is 2. The zero-order chi connectivity index (χ0) is 24.9. The van der Waals surface area contributed by atoms with Gasteiger partial charge in [0.1, 0.15) is 16.4 Å². The van der Waals surface area contributed by atoms with Crippen LogP contribution in [-0.2, 0) is 6.42 Å². The third kappa shape index (κ3) is 4.19. The highest BCUT2D eigenvalue weighted by atomic mass is 35.5. The van der Waals surface area contributed by atoms with Gasteiger partial charge in [0, 0.05) is 33.6 Å². The van der Waals surface area contributed by atoms with Crippen molar-refractivity contribution in [1.29, 1.82) is 0 Å². The number of ether oxygens (including phenoxy) is 1. The van der Waals surface area contributed by atoms with E-state index in [4.69, 9.17) is 16.3 Å². The lowest BCUT2D eigenvalue weighted by molar-refractivity contribution is 0.0908. The van der Waals surface area contributed by atoms with E-state index >= 15 is 4.39 Å². The standard InChI is InChI=1S/C27H22ClFN2O3S/c1-27(2)12-21-17(22(32)13-27)11-18(25-30-20(14-35-25)15-7-9-16(28)10-8-15)26(33)31(21)24-19(29)5-4-6-23(24)34-3/h4-11,14H,12-13H2,1-3H3. The fourth-order valence-electron chi connectivity index (χ4n) is 4.53. The summed E-state index contributed by atoms with van der Waals surface area (Å²) < 4.78 is 21.9. The number of para-hydroxylation sites is 1. The Balaban J connectivity index is 1.78. The first-order chi connectivity index (χ1) is 16.7. The number of fused-ring (bicyclic) bond motifs is 1. The molecule has 0 unspecified atom stereocenters. The molecule has 5 rings (SSSR count). The van der Waals surface area contributed by atoms with Gasteiger partial charge in [0.15, 0.2) is 11.6 Å². The molecule has 0 aliphatic heterocycles. The van der Waals surface area contributed by atoms with Crippen molar-refractivity contribution in [2.45, 2.75) is 26.7 Å². The molecule has 0 N–H and O–H groups in total. The fourth-order valence-corrected chi connectivity index (χ4v) is 5.49. The van der Waals surface area contributed by atoms with Gasteiger partial charge in [0.25, 0.3) is 5.56 Å². The van der Waals surface area contributed by atoms with Gasteiger partial charge in [0.05, 0.1) is 18.4 Å². The average Bonchev–Trinajstić information content (AvgIpc) is 3.29. The number of carbonyl (C=O) groups is 1. The Bertz CT molecular complexity index is 1520. The monoisotopic (exact) mass is 508 g/mol. The minimum absolute atomic E-state index is 0.00178. The molecule has 0 saturated heterocycles. The predicted molar refractivity (Wildman–Crippen MR) is 137 cm³/mol. The Labute approximate surface area is 210 Å². The largest absolute Gasteiger partial charge is 0.494 e. The van der Waals surface area contributed by atoms with Crippen LogP contribution in [-0.4, -0.2) is 22.4 Å². The van der Waals surface area contributed by atoms with Crippen LogP contribution in [0.4, 0.5) is 4.39 Å². The second-order valence-corrected chi connectivity index (χ2v) is 10.6. The Hall–Kier alpha value is -3.29. The zero-order valence-electron chi connectivity index (χ0n) is 19.4. The van der Waals surface area contributed by atoms with Crippen LogP contribution >= 0.6 is 22.9 Å². The third-order valence-electron chi connectivity index (χ3n) is 6.16. The number of hydrogen-bond donors (Lipinski definition) is 0. The molecule has 0 atom stereocenters. The number of hydrogen-bond acceptors (Lipinski definition) is 5. The summed E-state index contributed by atoms with van der Waals surface area (Å²) in [6.07, 6.45) is 0.773. The molecule has 4 aromatic rings. The Kier molecular flexibility index (Phi) is 5.85. The third-order valence-corrected chi connectivity index (χ3v) is 7.28. The molecule has 0 amide bonds. The Morgan fingerprint density at radius 1 is 1.09 bits per heavy atom. The number of methoxy groups -OCH3 is 1. The number of Topliss-reactive ketones (excluding diaryl/α,β-unsaturated/α-hetero) is 1. The summed E-state index contributed by atoms with van der Waals surface area (Å²) in [6, 6.07) is 13.3. The van der Waals surface area contributed by atoms with E-state index in [0.717, 1.165) is 5.56 Å². The molecule has 2 aromatic heterocycles. The first kappa shape index (κ1) is 23.5. The van der Waals surface area contributed by atoms with Crippen LogP contribution in [0.1, 0.15) is 36.3 Å². The number of carbonyl (C=O) groups excluding carboxylic acids is 1. The van der Waals surface area contributed by atoms with Crippen molar-refractivity contribution in [2.24, 2.45) is 5.41 Å². The van der Waals surface area contributed by atoms with Crippen molar-refractivity contribution in [3.05, 3.63) is 86.4 Å². The average molecular weight is 509 g/mol. The van der Waals surface area contributed by atoms with Gasteiger partial charge in [-0.2, -0.15) is 0 Å². The van der Waals surface area contributed by atoms with Crippen molar-refractivity contribution in [3.8, 4) is 33.3 Å². The summed E-state index contributed by atoms with van der Waals surface area (Å²) in [4.78, 5) is 31.8. The number of benzene rings is 2. The van der Waals surface area contributed by atoms with E-state index in [1.165, 1.54) is 35.1 Å². The molecule has 0 spiro atoms. The summed E-state index contributed by atoms with van der Waals surface area (Å²) in [5.74, 6) is -0.484. The lowest BCUT2D eigenvalue weighted by atomic mass is 9.75. The maximum atomic E-state index is 15.2. The van der Waals surface area contributed by atoms with E-state index in [1.807, 2.05) is 31.4 Å². The second-order valence-electron chi connectivity index (χ2n) is 9.34. The highest BCUT2D eigenvalue weighted by Crippen LogP contribution is 2.38. The number of aromatic nitrogens is 2. The predicted octanol–water partition coefficient (Wildman–Crippen LogP) is 6.58. The highest BCUT2D eigenvalue weighted by molar-refractivity contribution is 7.13. The number of thiazole rings is 1. The number of ketones is 1. The van der Waals surface area contributed by atoms with Crippen LogP contribution in [0.15, 0.2) is 58.7 Å². The van der Waals surface area contributed by atoms with Crippen LogP contribution in [0.5, 0.6) is 5.75 Å². The van der Waals surface area contributed by atoms with Gasteiger partial charge in [-0.3, -0.25) is 14.2 Å². The molecule has 1 aliphatic carbocycles. The van der Waals surface area contributed by atoms with Crippen molar-refractivity contribution in [3.63, 3.8) is 0 Å². The minimum atomic E-state index is -0.609.